The normalized spacial score (nSPS) is 23.2. The van der Waals surface area contributed by atoms with E-state index in [0.717, 1.165) is 55.5 Å². The number of nitrogens with one attached hydrogen (secondary N) is 2. The maximum atomic E-state index is 13.4. The lowest BCUT2D eigenvalue weighted by atomic mass is 9.53. The molecule has 3 saturated carbocycles. The van der Waals surface area contributed by atoms with Crippen LogP contribution >= 0.6 is 11.6 Å². The summed E-state index contributed by atoms with van der Waals surface area (Å²) in [6, 6.07) is 6.61. The van der Waals surface area contributed by atoms with Crippen LogP contribution in [0.1, 0.15) is 90.6 Å². The highest BCUT2D eigenvalue weighted by molar-refractivity contribution is 6.29. The Bertz CT molecular complexity index is 1650. The SMILES string of the molecule is Cc1cc([C@@H](C)Nc2ccc(Cl)nc2C(=O)O)c2nc(C34CCC(c5nc(C)no5)(CC3)CC4)[nH]c(=O)c2c1. The summed E-state index contributed by atoms with van der Waals surface area (Å²) >= 11 is 5.93. The van der Waals surface area contributed by atoms with Gasteiger partial charge in [-0.1, -0.05) is 22.8 Å². The summed E-state index contributed by atoms with van der Waals surface area (Å²) in [5.41, 5.74) is 2.01. The standard InChI is InChI=1S/C28H29ClN6O4/c1-14-12-17(15(2)30-19-4-5-20(29)32-22(19)24(37)38)21-18(13-14)23(36)34-25(33-21)27-6-9-28(10-7-27,11-8-27)26-31-16(3)35-39-26/h4-5,12-13,15,30H,6-11H2,1-3H3,(H,37,38)(H,33,34,36)/t15-,27?,28?/m1/s1. The highest BCUT2D eigenvalue weighted by atomic mass is 35.5. The first-order valence-corrected chi connectivity index (χ1v) is 13.5. The van der Waals surface area contributed by atoms with Crippen LogP contribution < -0.4 is 10.9 Å². The Balaban J connectivity index is 1.37. The highest BCUT2D eigenvalue weighted by Gasteiger charge is 2.53. The molecular weight excluding hydrogens is 520 g/mol. The predicted octanol–water partition coefficient (Wildman–Crippen LogP) is 5.39. The molecule has 10 nitrogen and oxygen atoms in total. The summed E-state index contributed by atoms with van der Waals surface area (Å²) in [6.45, 7) is 5.68. The van der Waals surface area contributed by atoms with E-state index >= 15 is 0 Å². The van der Waals surface area contributed by atoms with Gasteiger partial charge in [0.2, 0.25) is 5.89 Å². The Morgan fingerprint density at radius 2 is 1.77 bits per heavy atom. The van der Waals surface area contributed by atoms with Crippen LogP contribution in [0.4, 0.5) is 5.69 Å². The number of aromatic nitrogens is 5. The second-order valence-electron chi connectivity index (χ2n) is 11.1. The largest absolute Gasteiger partial charge is 0.476 e. The number of H-pyrrole nitrogens is 1. The number of aryl methyl sites for hydroxylation is 2. The van der Waals surface area contributed by atoms with Crippen molar-refractivity contribution in [3.63, 3.8) is 0 Å². The predicted molar refractivity (Wildman–Crippen MR) is 145 cm³/mol. The van der Waals surface area contributed by atoms with E-state index in [1.54, 1.807) is 12.1 Å². The Morgan fingerprint density at radius 1 is 1.08 bits per heavy atom. The van der Waals surface area contributed by atoms with Crippen LogP contribution in [0.5, 0.6) is 0 Å². The van der Waals surface area contributed by atoms with E-state index in [9.17, 15) is 14.7 Å². The van der Waals surface area contributed by atoms with Crippen molar-refractivity contribution in [2.75, 3.05) is 5.32 Å². The van der Waals surface area contributed by atoms with Crippen LogP contribution in [0.2, 0.25) is 5.15 Å². The van der Waals surface area contributed by atoms with Gasteiger partial charge in [0.05, 0.1) is 22.6 Å². The van der Waals surface area contributed by atoms with Crippen molar-refractivity contribution >= 4 is 34.2 Å². The van der Waals surface area contributed by atoms with Crippen LogP contribution in [0.25, 0.3) is 10.9 Å². The van der Waals surface area contributed by atoms with Crippen molar-refractivity contribution in [3.05, 3.63) is 74.1 Å². The molecular formula is C28H29ClN6O4. The lowest BCUT2D eigenvalue weighted by molar-refractivity contribution is 0.0691. The molecule has 3 fully saturated rings. The molecule has 4 aromatic rings. The van der Waals surface area contributed by atoms with E-state index in [1.165, 1.54) is 0 Å². The molecule has 0 spiro atoms. The summed E-state index contributed by atoms with van der Waals surface area (Å²) in [4.78, 5) is 41.9. The highest BCUT2D eigenvalue weighted by Crippen LogP contribution is 2.57. The fourth-order valence-electron chi connectivity index (χ4n) is 6.40. The molecule has 0 amide bonds. The number of fused-ring (bicyclic) bond motifs is 4. The van der Waals surface area contributed by atoms with Gasteiger partial charge in [-0.25, -0.2) is 14.8 Å². The number of nitrogens with zero attached hydrogens (tertiary/aromatic N) is 4. The minimum absolute atomic E-state index is 0.0990. The van der Waals surface area contributed by atoms with E-state index < -0.39 is 5.97 Å². The van der Waals surface area contributed by atoms with E-state index in [4.69, 9.17) is 21.1 Å². The second kappa shape index (κ2) is 9.15. The molecule has 3 aliphatic rings. The summed E-state index contributed by atoms with van der Waals surface area (Å²) in [7, 11) is 0. The van der Waals surface area contributed by atoms with Gasteiger partial charge < -0.3 is 19.9 Å². The summed E-state index contributed by atoms with van der Waals surface area (Å²) in [6.07, 6.45) is 5.31. The molecule has 0 unspecified atom stereocenters. The zero-order valence-corrected chi connectivity index (χ0v) is 22.7. The Kier molecular flexibility index (Phi) is 5.98. The minimum Gasteiger partial charge on any atom is -0.476 e. The molecule has 3 N–H and O–H groups in total. The summed E-state index contributed by atoms with van der Waals surface area (Å²) in [5.74, 6) is 0.909. The Morgan fingerprint density at radius 3 is 2.41 bits per heavy atom. The van der Waals surface area contributed by atoms with Gasteiger partial charge in [-0.05, 0) is 83.1 Å². The van der Waals surface area contributed by atoms with Crippen molar-refractivity contribution < 1.29 is 14.4 Å². The summed E-state index contributed by atoms with van der Waals surface area (Å²) in [5, 5.41) is 17.5. The third-order valence-corrected chi connectivity index (χ3v) is 8.83. The molecule has 0 aliphatic heterocycles. The van der Waals surface area contributed by atoms with Crippen molar-refractivity contribution in [3.8, 4) is 0 Å². The lowest BCUT2D eigenvalue weighted by Crippen LogP contribution is -2.48. The fraction of sp³-hybridized carbons (Fsp3) is 0.429. The number of aromatic carboxylic acids is 1. The van der Waals surface area contributed by atoms with E-state index in [-0.39, 0.29) is 33.3 Å². The number of pyridine rings is 1. The van der Waals surface area contributed by atoms with Crippen molar-refractivity contribution in [2.24, 2.45) is 0 Å². The molecule has 202 valence electrons. The minimum atomic E-state index is -1.18. The molecule has 0 radical (unpaired) electrons. The van der Waals surface area contributed by atoms with Crippen LogP contribution in [0.15, 0.2) is 33.6 Å². The van der Waals surface area contributed by atoms with Crippen molar-refractivity contribution in [2.45, 2.75) is 76.2 Å². The molecule has 3 aliphatic carbocycles. The summed E-state index contributed by atoms with van der Waals surface area (Å²) < 4.78 is 5.58. The number of benzene rings is 1. The first-order chi connectivity index (χ1) is 18.6. The lowest BCUT2D eigenvalue weighted by Gasteiger charge is -2.51. The van der Waals surface area contributed by atoms with Gasteiger partial charge in [0.15, 0.2) is 11.5 Å². The van der Waals surface area contributed by atoms with Gasteiger partial charge in [0, 0.05) is 16.4 Å². The topological polar surface area (TPSA) is 147 Å². The number of aromatic amines is 1. The molecule has 3 heterocycles. The van der Waals surface area contributed by atoms with Gasteiger partial charge in [-0.2, -0.15) is 4.98 Å². The first kappa shape index (κ1) is 25.5. The number of halogens is 1. The zero-order chi connectivity index (χ0) is 27.5. The molecule has 1 atom stereocenters. The van der Waals surface area contributed by atoms with Crippen LogP contribution in [0, 0.1) is 13.8 Å². The molecule has 7 rings (SSSR count). The smallest absolute Gasteiger partial charge is 0.356 e. The number of rotatable bonds is 6. The first-order valence-electron chi connectivity index (χ1n) is 13.1. The fourth-order valence-corrected chi connectivity index (χ4v) is 6.55. The Hall–Kier alpha value is -3.79. The monoisotopic (exact) mass is 548 g/mol. The van der Waals surface area contributed by atoms with E-state index in [2.05, 4.69) is 25.4 Å². The molecule has 2 bridgehead atoms. The quantitative estimate of drug-likeness (QED) is 0.270. The van der Waals surface area contributed by atoms with E-state index in [0.29, 0.717) is 28.2 Å². The van der Waals surface area contributed by atoms with Gasteiger partial charge in [-0.15, -0.1) is 0 Å². The third-order valence-electron chi connectivity index (χ3n) is 8.62. The third kappa shape index (κ3) is 4.27. The van der Waals surface area contributed by atoms with Gasteiger partial charge >= 0.3 is 5.97 Å². The van der Waals surface area contributed by atoms with Gasteiger partial charge in [0.25, 0.3) is 5.56 Å². The zero-order valence-electron chi connectivity index (χ0n) is 22.0. The Labute approximate surface area is 229 Å². The van der Waals surface area contributed by atoms with Gasteiger partial charge in [0.1, 0.15) is 11.0 Å². The average molecular weight is 549 g/mol. The van der Waals surface area contributed by atoms with Crippen LogP contribution in [0.3, 0.4) is 0 Å². The maximum Gasteiger partial charge on any atom is 0.356 e. The number of carboxylic acid groups (broad SMARTS) is 1. The van der Waals surface area contributed by atoms with Crippen LogP contribution in [-0.2, 0) is 10.8 Å². The average Bonchev–Trinajstić information content (AvgIpc) is 3.37. The second-order valence-corrected chi connectivity index (χ2v) is 11.5. The number of carboxylic acids is 1. The molecule has 39 heavy (non-hydrogen) atoms. The van der Waals surface area contributed by atoms with Crippen LogP contribution in [-0.4, -0.2) is 36.2 Å². The molecule has 1 aromatic carbocycles. The number of hydrogen-bond acceptors (Lipinski definition) is 8. The number of hydrogen-bond donors (Lipinski definition) is 3. The number of carbonyl (C=O) groups is 1. The maximum absolute atomic E-state index is 13.4. The molecule has 3 aromatic heterocycles. The number of anilines is 1. The van der Waals surface area contributed by atoms with Crippen molar-refractivity contribution in [1.29, 1.82) is 0 Å². The van der Waals surface area contributed by atoms with E-state index in [1.807, 2.05) is 32.9 Å². The molecule has 0 saturated heterocycles. The van der Waals surface area contributed by atoms with Crippen molar-refractivity contribution in [1.82, 2.24) is 25.1 Å². The molecule has 11 heteroatoms. The van der Waals surface area contributed by atoms with Gasteiger partial charge in [-0.3, -0.25) is 4.79 Å².